The van der Waals surface area contributed by atoms with Crippen molar-refractivity contribution in [2.24, 2.45) is 0 Å². The van der Waals surface area contributed by atoms with E-state index < -0.39 is 0 Å². The van der Waals surface area contributed by atoms with E-state index in [1.165, 1.54) is 0 Å². The predicted octanol–water partition coefficient (Wildman–Crippen LogP) is 3.60. The number of carbonyl (C=O) groups is 1. The van der Waals surface area contributed by atoms with Crippen molar-refractivity contribution in [3.8, 4) is 22.8 Å². The lowest BCUT2D eigenvalue weighted by molar-refractivity contribution is -0.120. The van der Waals surface area contributed by atoms with E-state index in [1.807, 2.05) is 73.0 Å². The van der Waals surface area contributed by atoms with Gasteiger partial charge in [-0.1, -0.05) is 36.4 Å². The second-order valence-electron chi connectivity index (χ2n) is 7.57. The Morgan fingerprint density at radius 2 is 1.87 bits per heavy atom. The van der Waals surface area contributed by atoms with E-state index in [0.29, 0.717) is 12.3 Å². The molecule has 7 nitrogen and oxygen atoms in total. The first-order valence-electron chi connectivity index (χ1n) is 10.1. The average molecular weight is 414 g/mol. The number of aromatic nitrogens is 3. The van der Waals surface area contributed by atoms with Gasteiger partial charge in [-0.15, -0.1) is 0 Å². The number of amides is 1. The number of nitrogens with one attached hydrogen (secondary N) is 1. The first kappa shape index (κ1) is 19.1. The van der Waals surface area contributed by atoms with Gasteiger partial charge >= 0.3 is 0 Å². The molecule has 31 heavy (non-hydrogen) atoms. The molecule has 1 aliphatic heterocycles. The molecule has 0 saturated carbocycles. The average Bonchev–Trinajstić information content (AvgIpc) is 3.42. The summed E-state index contributed by atoms with van der Waals surface area (Å²) < 4.78 is 12.5. The highest BCUT2D eigenvalue weighted by atomic mass is 16.7. The molecule has 0 aliphatic carbocycles. The summed E-state index contributed by atoms with van der Waals surface area (Å²) in [5.41, 5.74) is 6.27. The zero-order valence-electron chi connectivity index (χ0n) is 17.4. The highest BCUT2D eigenvalue weighted by molar-refractivity contribution is 5.79. The van der Waals surface area contributed by atoms with Crippen LogP contribution in [0.3, 0.4) is 0 Å². The molecule has 1 aliphatic rings. The normalized spacial score (nSPS) is 12.3. The van der Waals surface area contributed by atoms with E-state index in [1.54, 1.807) is 0 Å². The van der Waals surface area contributed by atoms with Crippen molar-refractivity contribution in [1.82, 2.24) is 19.9 Å². The fourth-order valence-corrected chi connectivity index (χ4v) is 3.81. The van der Waals surface area contributed by atoms with Gasteiger partial charge in [0.2, 0.25) is 12.7 Å². The van der Waals surface area contributed by atoms with Gasteiger partial charge in [0, 0.05) is 35.1 Å². The molecule has 0 atom stereocenters. The fourth-order valence-electron chi connectivity index (χ4n) is 3.81. The molecule has 0 radical (unpaired) electrons. The third kappa shape index (κ3) is 3.70. The van der Waals surface area contributed by atoms with Gasteiger partial charge in [0.05, 0.1) is 12.1 Å². The minimum absolute atomic E-state index is 0.0690. The summed E-state index contributed by atoms with van der Waals surface area (Å²) in [4.78, 5) is 17.3. The summed E-state index contributed by atoms with van der Waals surface area (Å²) in [5.74, 6) is 1.37. The lowest BCUT2D eigenvalue weighted by atomic mass is 10.1. The van der Waals surface area contributed by atoms with Gasteiger partial charge < -0.3 is 14.8 Å². The fraction of sp³-hybridized carbons (Fsp3) is 0.208. The van der Waals surface area contributed by atoms with Crippen LogP contribution in [0.1, 0.15) is 22.5 Å². The maximum atomic E-state index is 12.7. The molecule has 3 heterocycles. The minimum atomic E-state index is -0.0690. The Morgan fingerprint density at radius 1 is 1.06 bits per heavy atom. The number of ether oxygens (including phenoxy) is 2. The Balaban J connectivity index is 1.34. The van der Waals surface area contributed by atoms with Crippen LogP contribution in [0.5, 0.6) is 11.5 Å². The Labute approximate surface area is 179 Å². The van der Waals surface area contributed by atoms with E-state index in [2.05, 4.69) is 10.3 Å². The largest absolute Gasteiger partial charge is 0.454 e. The van der Waals surface area contributed by atoms with Crippen molar-refractivity contribution in [3.05, 3.63) is 77.1 Å². The first-order chi connectivity index (χ1) is 15.1. The molecule has 2 aromatic carbocycles. The molecule has 0 saturated heterocycles. The zero-order valence-corrected chi connectivity index (χ0v) is 17.4. The monoisotopic (exact) mass is 414 g/mol. The summed E-state index contributed by atoms with van der Waals surface area (Å²) in [6.07, 6.45) is 0.242. The van der Waals surface area contributed by atoms with Crippen LogP contribution in [-0.4, -0.2) is 27.3 Å². The third-order valence-corrected chi connectivity index (χ3v) is 5.50. The molecule has 0 bridgehead atoms. The van der Waals surface area contributed by atoms with Crippen LogP contribution in [0, 0.1) is 13.8 Å². The number of hydrogen-bond donors (Lipinski definition) is 1. The highest BCUT2D eigenvalue weighted by Crippen LogP contribution is 2.32. The molecule has 7 heteroatoms. The Morgan fingerprint density at radius 3 is 2.71 bits per heavy atom. The molecule has 0 spiro atoms. The molecule has 0 fully saturated rings. The quantitative estimate of drug-likeness (QED) is 0.540. The van der Waals surface area contributed by atoms with E-state index in [0.717, 1.165) is 45.2 Å². The second-order valence-corrected chi connectivity index (χ2v) is 7.57. The van der Waals surface area contributed by atoms with Crippen molar-refractivity contribution in [1.29, 1.82) is 0 Å². The molecular formula is C24H22N4O3. The molecule has 4 aromatic rings. The molecule has 156 valence electrons. The van der Waals surface area contributed by atoms with Crippen molar-refractivity contribution in [2.45, 2.75) is 26.8 Å². The molecule has 2 aromatic heterocycles. The molecule has 1 N–H and O–H groups in total. The number of aryl methyl sites for hydroxylation is 2. The minimum Gasteiger partial charge on any atom is -0.454 e. The van der Waals surface area contributed by atoms with Gasteiger partial charge in [-0.3, -0.25) is 4.79 Å². The van der Waals surface area contributed by atoms with Gasteiger partial charge in [-0.05, 0) is 31.5 Å². The Kier molecular flexibility index (Phi) is 4.78. The zero-order chi connectivity index (χ0) is 21.4. The third-order valence-electron chi connectivity index (χ3n) is 5.50. The van der Waals surface area contributed by atoms with Gasteiger partial charge in [0.1, 0.15) is 0 Å². The smallest absolute Gasteiger partial charge is 0.231 e. The van der Waals surface area contributed by atoms with Gasteiger partial charge in [0.15, 0.2) is 17.1 Å². The van der Waals surface area contributed by atoms with Crippen molar-refractivity contribution >= 4 is 11.6 Å². The maximum absolute atomic E-state index is 12.7. The Bertz CT molecular complexity index is 1280. The molecule has 1 amide bonds. The van der Waals surface area contributed by atoms with Crippen molar-refractivity contribution < 1.29 is 14.3 Å². The highest BCUT2D eigenvalue weighted by Gasteiger charge is 2.17. The van der Waals surface area contributed by atoms with E-state index in [9.17, 15) is 4.79 Å². The van der Waals surface area contributed by atoms with Crippen LogP contribution < -0.4 is 14.8 Å². The first-order valence-corrected chi connectivity index (χ1v) is 10.1. The van der Waals surface area contributed by atoms with Gasteiger partial charge in [-0.2, -0.15) is 5.10 Å². The van der Waals surface area contributed by atoms with Crippen LogP contribution >= 0.6 is 0 Å². The van der Waals surface area contributed by atoms with Gasteiger partial charge in [-0.25, -0.2) is 9.50 Å². The number of carbonyl (C=O) groups excluding carboxylic acids is 1. The lowest BCUT2D eigenvalue weighted by Crippen LogP contribution is -2.25. The summed E-state index contributed by atoms with van der Waals surface area (Å²) in [6, 6.07) is 17.6. The van der Waals surface area contributed by atoms with Crippen molar-refractivity contribution in [2.75, 3.05) is 6.79 Å². The van der Waals surface area contributed by atoms with Gasteiger partial charge in [0.25, 0.3) is 0 Å². The molecule has 0 unspecified atom stereocenters. The van der Waals surface area contributed by atoms with E-state index in [4.69, 9.17) is 14.6 Å². The molecule has 5 rings (SSSR count). The lowest BCUT2D eigenvalue weighted by Gasteiger charge is -2.11. The van der Waals surface area contributed by atoms with Crippen LogP contribution in [-0.2, 0) is 17.8 Å². The predicted molar refractivity (Wildman–Crippen MR) is 116 cm³/mol. The topological polar surface area (TPSA) is 77.8 Å². The van der Waals surface area contributed by atoms with Crippen molar-refractivity contribution in [3.63, 3.8) is 0 Å². The standard InChI is InChI=1S/C24H22N4O3/c1-15-19(11-24(29)25-13-17-8-9-21-22(10-17)31-14-30-21)16(2)28-23(26-15)12-20(27-28)18-6-4-3-5-7-18/h3-10,12H,11,13-14H2,1-2H3,(H,25,29). The number of nitrogens with zero attached hydrogens (tertiary/aromatic N) is 3. The number of benzene rings is 2. The van der Waals surface area contributed by atoms with Crippen LogP contribution in [0.4, 0.5) is 0 Å². The van der Waals surface area contributed by atoms with Crippen LogP contribution in [0.25, 0.3) is 16.9 Å². The number of fused-ring (bicyclic) bond motifs is 2. The summed E-state index contributed by atoms with van der Waals surface area (Å²) in [5, 5.41) is 7.69. The Hall–Kier alpha value is -3.87. The summed E-state index contributed by atoms with van der Waals surface area (Å²) in [7, 11) is 0. The van der Waals surface area contributed by atoms with Crippen LogP contribution in [0.15, 0.2) is 54.6 Å². The maximum Gasteiger partial charge on any atom is 0.231 e. The number of hydrogen-bond acceptors (Lipinski definition) is 5. The SMILES string of the molecule is Cc1nc2cc(-c3ccccc3)nn2c(C)c1CC(=O)NCc1ccc2c(c1)OCO2. The van der Waals surface area contributed by atoms with E-state index in [-0.39, 0.29) is 19.1 Å². The summed E-state index contributed by atoms with van der Waals surface area (Å²) in [6.45, 7) is 4.56. The van der Waals surface area contributed by atoms with Crippen LogP contribution in [0.2, 0.25) is 0 Å². The summed E-state index contributed by atoms with van der Waals surface area (Å²) >= 11 is 0. The second kappa shape index (κ2) is 7.75. The molecular weight excluding hydrogens is 392 g/mol. The van der Waals surface area contributed by atoms with E-state index >= 15 is 0 Å². The number of rotatable bonds is 5.